The monoisotopic (exact) mass is 376 g/mol. The van der Waals surface area contributed by atoms with Gasteiger partial charge in [0.05, 0.1) is 5.52 Å². The molecule has 0 saturated carbocycles. The van der Waals surface area contributed by atoms with Crippen LogP contribution in [0.4, 0.5) is 10.6 Å². The first kappa shape index (κ1) is 21.0. The lowest BCUT2D eigenvalue weighted by Gasteiger charge is -2.12. The van der Waals surface area contributed by atoms with Crippen molar-refractivity contribution in [3.8, 4) is 0 Å². The van der Waals surface area contributed by atoms with Gasteiger partial charge in [-0.15, -0.1) is 0 Å². The molecule has 0 radical (unpaired) electrons. The molecule has 0 saturated heterocycles. The maximum Gasteiger partial charge on any atom is 0.314 e. The molecule has 27 heavy (non-hydrogen) atoms. The van der Waals surface area contributed by atoms with Crippen LogP contribution in [0.2, 0.25) is 0 Å². The second-order valence-electron chi connectivity index (χ2n) is 6.61. The molecule has 0 aliphatic heterocycles. The van der Waals surface area contributed by atoms with Crippen LogP contribution in [0.3, 0.4) is 0 Å². The Morgan fingerprint density at radius 2 is 1.85 bits per heavy atom. The molecule has 8 heteroatoms. The van der Waals surface area contributed by atoms with Crippen LogP contribution < -0.4 is 16.4 Å². The Balaban J connectivity index is 2.10. The van der Waals surface area contributed by atoms with Gasteiger partial charge in [-0.1, -0.05) is 13.3 Å². The quantitative estimate of drug-likeness (QED) is 0.553. The average Bonchev–Trinajstić information content (AvgIpc) is 3.01. The first-order chi connectivity index (χ1) is 13.0. The predicted molar refractivity (Wildman–Crippen MR) is 108 cm³/mol. The molecule has 150 valence electrons. The van der Waals surface area contributed by atoms with E-state index in [0.717, 1.165) is 53.9 Å². The van der Waals surface area contributed by atoms with Gasteiger partial charge in [0.15, 0.2) is 5.82 Å². The van der Waals surface area contributed by atoms with Crippen molar-refractivity contribution in [2.45, 2.75) is 60.1 Å². The molecule has 0 bridgehead atoms. The van der Waals surface area contributed by atoms with Crippen molar-refractivity contribution in [2.24, 2.45) is 0 Å². The van der Waals surface area contributed by atoms with Crippen molar-refractivity contribution < 1.29 is 9.53 Å². The summed E-state index contributed by atoms with van der Waals surface area (Å²) in [6.07, 6.45) is 2.84. The third-order valence-electron chi connectivity index (χ3n) is 4.57. The second kappa shape index (κ2) is 10.1. The van der Waals surface area contributed by atoms with Crippen LogP contribution >= 0.6 is 0 Å². The SMILES string of the molecule is CCCCNC(=O)NCCCn1c(COCC)nc2c(N)nc(C)c(C)c21. The zero-order valence-electron chi connectivity index (χ0n) is 16.9. The minimum absolute atomic E-state index is 0.117. The third kappa shape index (κ3) is 5.32. The fraction of sp³-hybridized carbons (Fsp3) is 0.632. The van der Waals surface area contributed by atoms with E-state index in [1.54, 1.807) is 0 Å². The number of carbonyl (C=O) groups is 1. The molecular formula is C19H32N6O2. The van der Waals surface area contributed by atoms with E-state index < -0.39 is 0 Å². The first-order valence-electron chi connectivity index (χ1n) is 9.70. The summed E-state index contributed by atoms with van der Waals surface area (Å²) in [4.78, 5) is 20.8. The molecule has 8 nitrogen and oxygen atoms in total. The maximum atomic E-state index is 11.8. The summed E-state index contributed by atoms with van der Waals surface area (Å²) in [6, 6.07) is -0.117. The van der Waals surface area contributed by atoms with Gasteiger partial charge in [0.1, 0.15) is 17.9 Å². The molecule has 2 rings (SSSR count). The predicted octanol–water partition coefficient (Wildman–Crippen LogP) is 2.66. The smallest absolute Gasteiger partial charge is 0.314 e. The second-order valence-corrected chi connectivity index (χ2v) is 6.61. The number of aryl methyl sites for hydroxylation is 3. The van der Waals surface area contributed by atoms with Crippen LogP contribution in [-0.2, 0) is 17.9 Å². The summed E-state index contributed by atoms with van der Waals surface area (Å²) >= 11 is 0. The van der Waals surface area contributed by atoms with Crippen LogP contribution in [-0.4, -0.2) is 40.3 Å². The summed E-state index contributed by atoms with van der Waals surface area (Å²) in [5, 5.41) is 5.76. The minimum atomic E-state index is -0.117. The summed E-state index contributed by atoms with van der Waals surface area (Å²) in [7, 11) is 0. The van der Waals surface area contributed by atoms with Gasteiger partial charge >= 0.3 is 6.03 Å². The molecule has 0 spiro atoms. The highest BCUT2D eigenvalue weighted by molar-refractivity contribution is 5.88. The van der Waals surface area contributed by atoms with Crippen LogP contribution in [0.25, 0.3) is 11.0 Å². The summed E-state index contributed by atoms with van der Waals surface area (Å²) in [5.41, 5.74) is 9.79. The largest absolute Gasteiger partial charge is 0.382 e. The lowest BCUT2D eigenvalue weighted by Crippen LogP contribution is -2.36. The number of pyridine rings is 1. The van der Waals surface area contributed by atoms with E-state index in [1.807, 2.05) is 20.8 Å². The number of ether oxygens (including phenoxy) is 1. The fourth-order valence-corrected chi connectivity index (χ4v) is 2.97. The van der Waals surface area contributed by atoms with Gasteiger partial charge < -0.3 is 25.7 Å². The van der Waals surface area contributed by atoms with Gasteiger partial charge in [0.25, 0.3) is 0 Å². The Kier molecular flexibility index (Phi) is 7.84. The van der Waals surface area contributed by atoms with E-state index in [0.29, 0.717) is 32.1 Å². The van der Waals surface area contributed by atoms with Gasteiger partial charge in [-0.05, 0) is 39.2 Å². The van der Waals surface area contributed by atoms with Crippen molar-refractivity contribution >= 4 is 22.9 Å². The molecule has 0 aliphatic rings. The van der Waals surface area contributed by atoms with Crippen LogP contribution in [0, 0.1) is 13.8 Å². The molecule has 0 fully saturated rings. The first-order valence-corrected chi connectivity index (χ1v) is 9.70. The average molecular weight is 377 g/mol. The number of nitrogens with one attached hydrogen (secondary N) is 2. The zero-order valence-corrected chi connectivity index (χ0v) is 16.9. The van der Waals surface area contributed by atoms with Crippen LogP contribution in [0.15, 0.2) is 0 Å². The number of nitrogens with zero attached hydrogens (tertiary/aromatic N) is 3. The summed E-state index contributed by atoms with van der Waals surface area (Å²) in [6.45, 7) is 11.1. The van der Waals surface area contributed by atoms with Gasteiger partial charge in [0, 0.05) is 31.9 Å². The van der Waals surface area contributed by atoms with E-state index in [4.69, 9.17) is 10.5 Å². The number of imidazole rings is 1. The van der Waals surface area contributed by atoms with Gasteiger partial charge in [-0.25, -0.2) is 14.8 Å². The lowest BCUT2D eigenvalue weighted by molar-refractivity contribution is 0.126. The Labute approximate surface area is 160 Å². The summed E-state index contributed by atoms with van der Waals surface area (Å²) in [5.74, 6) is 1.28. The molecule has 0 aliphatic carbocycles. The number of nitrogens with two attached hydrogens (primary N) is 1. The number of anilines is 1. The van der Waals surface area contributed by atoms with Crippen LogP contribution in [0.5, 0.6) is 0 Å². The van der Waals surface area contributed by atoms with E-state index in [1.165, 1.54) is 0 Å². The number of aromatic nitrogens is 3. The van der Waals surface area contributed by atoms with E-state index in [-0.39, 0.29) is 6.03 Å². The van der Waals surface area contributed by atoms with E-state index >= 15 is 0 Å². The van der Waals surface area contributed by atoms with Crippen molar-refractivity contribution in [1.29, 1.82) is 0 Å². The van der Waals surface area contributed by atoms with E-state index in [2.05, 4.69) is 32.1 Å². The van der Waals surface area contributed by atoms with Crippen LogP contribution in [0.1, 0.15) is 50.2 Å². The number of urea groups is 1. The number of fused-ring (bicyclic) bond motifs is 1. The Morgan fingerprint density at radius 1 is 1.15 bits per heavy atom. The number of nitrogen functional groups attached to an aromatic ring is 1. The number of carbonyl (C=O) groups excluding carboxylic acids is 1. The molecule has 0 unspecified atom stereocenters. The van der Waals surface area contributed by atoms with E-state index in [9.17, 15) is 4.79 Å². The Bertz CT molecular complexity index is 771. The van der Waals surface area contributed by atoms with Crippen molar-refractivity contribution in [2.75, 3.05) is 25.4 Å². The Morgan fingerprint density at radius 3 is 2.52 bits per heavy atom. The fourth-order valence-electron chi connectivity index (χ4n) is 2.97. The third-order valence-corrected chi connectivity index (χ3v) is 4.57. The van der Waals surface area contributed by atoms with Gasteiger partial charge in [-0.2, -0.15) is 0 Å². The maximum absolute atomic E-state index is 11.8. The molecule has 2 amide bonds. The molecule has 2 aromatic heterocycles. The Hall–Kier alpha value is -2.35. The number of amides is 2. The molecule has 0 aromatic carbocycles. The minimum Gasteiger partial charge on any atom is -0.382 e. The highest BCUT2D eigenvalue weighted by Crippen LogP contribution is 2.26. The topological polar surface area (TPSA) is 107 Å². The lowest BCUT2D eigenvalue weighted by atomic mass is 10.2. The normalized spacial score (nSPS) is 11.1. The van der Waals surface area contributed by atoms with Gasteiger partial charge in [-0.3, -0.25) is 0 Å². The summed E-state index contributed by atoms with van der Waals surface area (Å²) < 4.78 is 7.72. The number of hydrogen-bond donors (Lipinski definition) is 3. The molecule has 2 aromatic rings. The number of rotatable bonds is 10. The van der Waals surface area contributed by atoms with Crippen molar-refractivity contribution in [3.05, 3.63) is 17.1 Å². The van der Waals surface area contributed by atoms with Crippen molar-refractivity contribution in [3.63, 3.8) is 0 Å². The molecule has 0 atom stereocenters. The van der Waals surface area contributed by atoms with Gasteiger partial charge in [0.2, 0.25) is 0 Å². The molecule has 2 heterocycles. The number of unbranched alkanes of at least 4 members (excludes halogenated alkanes) is 1. The molecule has 4 N–H and O–H groups in total. The van der Waals surface area contributed by atoms with Crippen molar-refractivity contribution in [1.82, 2.24) is 25.2 Å². The molecular weight excluding hydrogens is 344 g/mol. The zero-order chi connectivity index (χ0) is 19.8. The highest BCUT2D eigenvalue weighted by atomic mass is 16.5. The highest BCUT2D eigenvalue weighted by Gasteiger charge is 2.17. The number of hydrogen-bond acceptors (Lipinski definition) is 5. The standard InChI is InChI=1S/C19H32N6O2/c1-5-7-9-21-19(26)22-10-8-11-25-15(12-27-6-2)24-16-17(25)13(3)14(4)23-18(16)20/h5-12H2,1-4H3,(H2,20,23)(H2,21,22,26).